The van der Waals surface area contributed by atoms with Crippen LogP contribution in [0.15, 0.2) is 24.3 Å². The Balaban J connectivity index is 1.72. The predicted octanol–water partition coefficient (Wildman–Crippen LogP) is 0.702. The molecule has 1 saturated heterocycles. The number of carbonyl (C=O) groups is 2. The highest BCUT2D eigenvalue weighted by atomic mass is 19.1. The highest BCUT2D eigenvalue weighted by Gasteiger charge is 2.24. The molecule has 24 heavy (non-hydrogen) atoms. The van der Waals surface area contributed by atoms with Gasteiger partial charge in [0, 0.05) is 33.3 Å². The summed E-state index contributed by atoms with van der Waals surface area (Å²) in [4.78, 5) is 27.7. The van der Waals surface area contributed by atoms with Gasteiger partial charge in [-0.25, -0.2) is 4.39 Å². The smallest absolute Gasteiger partial charge is 0.248 e. The molecule has 0 spiro atoms. The van der Waals surface area contributed by atoms with Crippen molar-refractivity contribution >= 4 is 11.8 Å². The Morgan fingerprint density at radius 2 is 1.58 bits per heavy atom. The Labute approximate surface area is 141 Å². The summed E-state index contributed by atoms with van der Waals surface area (Å²) >= 11 is 0. The van der Waals surface area contributed by atoms with Gasteiger partial charge in [0.1, 0.15) is 12.4 Å². The maximum absolute atomic E-state index is 12.9. The quantitative estimate of drug-likeness (QED) is 0.687. The predicted molar refractivity (Wildman–Crippen MR) is 86.0 cm³/mol. The van der Waals surface area contributed by atoms with Crippen molar-refractivity contribution < 1.29 is 23.5 Å². The van der Waals surface area contributed by atoms with E-state index >= 15 is 0 Å². The van der Waals surface area contributed by atoms with Crippen molar-refractivity contribution in [3.63, 3.8) is 0 Å². The highest BCUT2D eigenvalue weighted by Crippen LogP contribution is 2.08. The van der Waals surface area contributed by atoms with E-state index < -0.39 is 0 Å². The molecule has 2 amide bonds. The summed E-state index contributed by atoms with van der Waals surface area (Å²) in [5, 5.41) is 0. The van der Waals surface area contributed by atoms with Crippen LogP contribution in [0, 0.1) is 5.82 Å². The first-order valence-electron chi connectivity index (χ1n) is 7.97. The molecule has 132 valence electrons. The second-order valence-corrected chi connectivity index (χ2v) is 5.61. The molecule has 1 aliphatic heterocycles. The second-order valence-electron chi connectivity index (χ2n) is 5.61. The van der Waals surface area contributed by atoms with Crippen LogP contribution in [-0.4, -0.2) is 74.7 Å². The van der Waals surface area contributed by atoms with Crippen molar-refractivity contribution in [1.29, 1.82) is 0 Å². The minimum atomic E-state index is -0.314. The fourth-order valence-electron chi connectivity index (χ4n) is 2.49. The zero-order chi connectivity index (χ0) is 17.4. The Kier molecular flexibility index (Phi) is 7.14. The van der Waals surface area contributed by atoms with Crippen molar-refractivity contribution in [3.05, 3.63) is 35.6 Å². The first-order valence-corrected chi connectivity index (χ1v) is 7.97. The van der Waals surface area contributed by atoms with E-state index in [1.54, 1.807) is 29.0 Å². The fraction of sp³-hybridized carbons (Fsp3) is 0.529. The van der Waals surface area contributed by atoms with Gasteiger partial charge >= 0.3 is 0 Å². The Hall–Kier alpha value is -1.99. The average Bonchev–Trinajstić information content (AvgIpc) is 2.60. The average molecular weight is 338 g/mol. The first kappa shape index (κ1) is 18.4. The number of hydrogen-bond acceptors (Lipinski definition) is 4. The maximum Gasteiger partial charge on any atom is 0.248 e. The van der Waals surface area contributed by atoms with Crippen LogP contribution >= 0.6 is 0 Å². The van der Waals surface area contributed by atoms with E-state index in [-0.39, 0.29) is 30.7 Å². The zero-order valence-corrected chi connectivity index (χ0v) is 13.9. The van der Waals surface area contributed by atoms with Crippen LogP contribution in [0.1, 0.15) is 5.56 Å². The van der Waals surface area contributed by atoms with Crippen LogP contribution in [0.5, 0.6) is 0 Å². The summed E-state index contributed by atoms with van der Waals surface area (Å²) in [6.07, 6.45) is 0.244. The number of amides is 2. The highest BCUT2D eigenvalue weighted by molar-refractivity contribution is 5.80. The SMILES string of the molecule is COCCOCC(=O)N1CCN(C(=O)Cc2ccc(F)cc2)CC1. The van der Waals surface area contributed by atoms with E-state index in [0.29, 0.717) is 39.4 Å². The molecule has 1 aromatic carbocycles. The van der Waals surface area contributed by atoms with Gasteiger partial charge in [-0.2, -0.15) is 0 Å². The van der Waals surface area contributed by atoms with Crippen molar-refractivity contribution in [2.24, 2.45) is 0 Å². The number of benzene rings is 1. The van der Waals surface area contributed by atoms with Crippen molar-refractivity contribution in [2.75, 3.05) is 53.1 Å². The molecule has 0 unspecified atom stereocenters. The molecule has 6 nitrogen and oxygen atoms in total. The van der Waals surface area contributed by atoms with E-state index in [0.717, 1.165) is 5.56 Å². The lowest BCUT2D eigenvalue weighted by atomic mass is 10.1. The molecule has 0 atom stereocenters. The largest absolute Gasteiger partial charge is 0.382 e. The van der Waals surface area contributed by atoms with Crippen LogP contribution in [0.25, 0.3) is 0 Å². The minimum absolute atomic E-state index is 0.00921. The number of rotatable bonds is 7. The summed E-state index contributed by atoms with van der Waals surface area (Å²) in [5.41, 5.74) is 0.784. The fourth-order valence-corrected chi connectivity index (χ4v) is 2.49. The molecule has 0 bridgehead atoms. The third-order valence-electron chi connectivity index (χ3n) is 3.91. The standard InChI is InChI=1S/C17H23FN2O4/c1-23-10-11-24-13-17(22)20-8-6-19(7-9-20)16(21)12-14-2-4-15(18)5-3-14/h2-5H,6-13H2,1H3. The molecule has 0 aromatic heterocycles. The van der Waals surface area contributed by atoms with Crippen LogP contribution in [0.3, 0.4) is 0 Å². The van der Waals surface area contributed by atoms with Gasteiger partial charge in [0.05, 0.1) is 19.6 Å². The normalized spacial score (nSPS) is 14.8. The zero-order valence-electron chi connectivity index (χ0n) is 13.9. The molecule has 0 saturated carbocycles. The van der Waals surface area contributed by atoms with E-state index in [4.69, 9.17) is 9.47 Å². The van der Waals surface area contributed by atoms with Gasteiger partial charge < -0.3 is 19.3 Å². The van der Waals surface area contributed by atoms with Gasteiger partial charge in [-0.3, -0.25) is 9.59 Å². The minimum Gasteiger partial charge on any atom is -0.382 e. The van der Waals surface area contributed by atoms with Crippen molar-refractivity contribution in [2.45, 2.75) is 6.42 Å². The summed E-state index contributed by atoms with van der Waals surface area (Å²) in [7, 11) is 1.58. The van der Waals surface area contributed by atoms with E-state index in [9.17, 15) is 14.0 Å². The lowest BCUT2D eigenvalue weighted by Crippen LogP contribution is -2.51. The summed E-state index contributed by atoms with van der Waals surface area (Å²) in [6.45, 7) is 2.89. The number of piperazine rings is 1. The molecule has 7 heteroatoms. The molecule has 2 rings (SSSR count). The molecule has 0 radical (unpaired) electrons. The Morgan fingerprint density at radius 3 is 2.17 bits per heavy atom. The third-order valence-corrected chi connectivity index (χ3v) is 3.91. The van der Waals surface area contributed by atoms with Crippen LogP contribution < -0.4 is 0 Å². The van der Waals surface area contributed by atoms with Gasteiger partial charge in [-0.15, -0.1) is 0 Å². The Bertz CT molecular complexity index is 542. The molecule has 0 aliphatic carbocycles. The van der Waals surface area contributed by atoms with Crippen molar-refractivity contribution in [1.82, 2.24) is 9.80 Å². The maximum atomic E-state index is 12.9. The Morgan fingerprint density at radius 1 is 1.00 bits per heavy atom. The molecular formula is C17H23FN2O4. The monoisotopic (exact) mass is 338 g/mol. The van der Waals surface area contributed by atoms with Gasteiger partial charge in [0.25, 0.3) is 0 Å². The number of hydrogen-bond donors (Lipinski definition) is 0. The van der Waals surface area contributed by atoms with Crippen LogP contribution in [-0.2, 0) is 25.5 Å². The van der Waals surface area contributed by atoms with E-state index in [1.807, 2.05) is 0 Å². The molecule has 1 fully saturated rings. The van der Waals surface area contributed by atoms with E-state index in [1.165, 1.54) is 12.1 Å². The summed E-state index contributed by atoms with van der Waals surface area (Å²) < 4.78 is 23.0. The van der Waals surface area contributed by atoms with E-state index in [2.05, 4.69) is 0 Å². The number of nitrogens with zero attached hydrogens (tertiary/aromatic N) is 2. The third kappa shape index (κ3) is 5.58. The lowest BCUT2D eigenvalue weighted by Gasteiger charge is -2.34. The number of carbonyl (C=O) groups excluding carboxylic acids is 2. The summed E-state index contributed by atoms with van der Waals surface area (Å²) in [5.74, 6) is -0.396. The van der Waals surface area contributed by atoms with Gasteiger partial charge in [-0.1, -0.05) is 12.1 Å². The number of halogens is 1. The first-order chi connectivity index (χ1) is 11.6. The lowest BCUT2D eigenvalue weighted by molar-refractivity contribution is -0.142. The molecule has 0 N–H and O–H groups in total. The molecule has 1 aromatic rings. The summed E-state index contributed by atoms with van der Waals surface area (Å²) in [6, 6.07) is 5.93. The van der Waals surface area contributed by atoms with Gasteiger partial charge in [-0.05, 0) is 17.7 Å². The van der Waals surface area contributed by atoms with Crippen LogP contribution in [0.2, 0.25) is 0 Å². The number of methoxy groups -OCH3 is 1. The van der Waals surface area contributed by atoms with Gasteiger partial charge in [0.2, 0.25) is 11.8 Å². The van der Waals surface area contributed by atoms with Crippen molar-refractivity contribution in [3.8, 4) is 0 Å². The topological polar surface area (TPSA) is 59.1 Å². The molecule has 1 aliphatic rings. The number of ether oxygens (including phenoxy) is 2. The molecule has 1 heterocycles. The van der Waals surface area contributed by atoms with Gasteiger partial charge in [0.15, 0.2) is 0 Å². The molecular weight excluding hydrogens is 315 g/mol. The van der Waals surface area contributed by atoms with Crippen LogP contribution in [0.4, 0.5) is 4.39 Å². The second kappa shape index (κ2) is 9.34.